The fraction of sp³-hybridized carbons (Fsp3) is 0.429. The predicted molar refractivity (Wildman–Crippen MR) is 81.2 cm³/mol. The zero-order chi connectivity index (χ0) is 15.9. The van der Waals surface area contributed by atoms with Gasteiger partial charge in [-0.2, -0.15) is 0 Å². The second-order valence-corrected chi connectivity index (χ2v) is 7.83. The summed E-state index contributed by atoms with van der Waals surface area (Å²) in [6, 6.07) is 5.21. The minimum Gasteiger partial charge on any atom is -0.335 e. The zero-order valence-electron chi connectivity index (χ0n) is 12.4. The summed E-state index contributed by atoms with van der Waals surface area (Å²) in [5, 5.41) is 7.87. The fourth-order valence-electron chi connectivity index (χ4n) is 2.54. The summed E-state index contributed by atoms with van der Waals surface area (Å²) in [6.45, 7) is 1.93. The molecule has 3 rings (SSSR count). The first-order valence-electron chi connectivity index (χ1n) is 6.94. The van der Waals surface area contributed by atoms with E-state index >= 15 is 0 Å². The van der Waals surface area contributed by atoms with Crippen LogP contribution in [0.3, 0.4) is 0 Å². The largest absolute Gasteiger partial charge is 0.335 e. The number of fused-ring (bicyclic) bond motifs is 1. The van der Waals surface area contributed by atoms with Crippen molar-refractivity contribution in [2.45, 2.75) is 19.4 Å². The minimum absolute atomic E-state index is 0.00461. The van der Waals surface area contributed by atoms with Gasteiger partial charge in [-0.05, 0) is 31.0 Å². The standard InChI is InChI=1S/C14H16N4O3S/c1-9-3-4-11-12(7-9)15-13(17-16-11)14(19)18(2)10-5-6-22(20,21)8-10/h3-4,7,10H,5-6,8H2,1-2H3/t10-/m1/s1. The third kappa shape index (κ3) is 2.78. The van der Waals surface area contributed by atoms with Gasteiger partial charge in [0.25, 0.3) is 5.91 Å². The van der Waals surface area contributed by atoms with E-state index in [4.69, 9.17) is 0 Å². The number of carbonyl (C=O) groups excluding carboxylic acids is 1. The van der Waals surface area contributed by atoms with Crippen molar-refractivity contribution in [2.75, 3.05) is 18.6 Å². The highest BCUT2D eigenvalue weighted by Gasteiger charge is 2.33. The third-order valence-corrected chi connectivity index (χ3v) is 5.63. The number of hydrogen-bond donors (Lipinski definition) is 0. The molecule has 1 saturated heterocycles. The molecule has 116 valence electrons. The molecule has 0 unspecified atom stereocenters. The Morgan fingerprint density at radius 2 is 2.05 bits per heavy atom. The van der Waals surface area contributed by atoms with Crippen LogP contribution < -0.4 is 0 Å². The summed E-state index contributed by atoms with van der Waals surface area (Å²) < 4.78 is 23.1. The normalized spacial score (nSPS) is 20.2. The Kier molecular flexibility index (Phi) is 3.56. The average Bonchev–Trinajstić information content (AvgIpc) is 2.85. The fourth-order valence-corrected chi connectivity index (χ4v) is 4.31. The van der Waals surface area contributed by atoms with Crippen molar-refractivity contribution in [1.82, 2.24) is 20.1 Å². The Labute approximate surface area is 128 Å². The van der Waals surface area contributed by atoms with E-state index in [1.807, 2.05) is 19.1 Å². The number of nitrogens with zero attached hydrogens (tertiary/aromatic N) is 4. The number of aromatic nitrogens is 3. The number of rotatable bonds is 2. The van der Waals surface area contributed by atoms with Crippen molar-refractivity contribution < 1.29 is 13.2 Å². The Morgan fingerprint density at radius 3 is 2.73 bits per heavy atom. The monoisotopic (exact) mass is 320 g/mol. The number of aryl methyl sites for hydroxylation is 1. The van der Waals surface area contributed by atoms with Crippen molar-refractivity contribution in [2.24, 2.45) is 0 Å². The smallest absolute Gasteiger partial charge is 0.293 e. The molecule has 1 aliphatic heterocycles. The number of sulfone groups is 1. The molecular weight excluding hydrogens is 304 g/mol. The zero-order valence-corrected chi connectivity index (χ0v) is 13.2. The van der Waals surface area contributed by atoms with Gasteiger partial charge in [-0.3, -0.25) is 4.79 Å². The van der Waals surface area contributed by atoms with Crippen LogP contribution in [0.15, 0.2) is 18.2 Å². The van der Waals surface area contributed by atoms with Gasteiger partial charge < -0.3 is 4.90 Å². The summed E-state index contributed by atoms with van der Waals surface area (Å²) in [6.07, 6.45) is 0.449. The van der Waals surface area contributed by atoms with Crippen LogP contribution in [-0.2, 0) is 9.84 Å². The first kappa shape index (κ1) is 14.8. The Morgan fingerprint density at radius 1 is 1.27 bits per heavy atom. The molecule has 1 atom stereocenters. The van der Waals surface area contributed by atoms with E-state index in [9.17, 15) is 13.2 Å². The topological polar surface area (TPSA) is 93.1 Å². The van der Waals surface area contributed by atoms with Crippen molar-refractivity contribution in [3.8, 4) is 0 Å². The SMILES string of the molecule is Cc1ccc2nnc(C(=O)N(C)[C@@H]3CCS(=O)(=O)C3)nc2c1. The minimum atomic E-state index is -3.05. The van der Waals surface area contributed by atoms with Gasteiger partial charge in [-0.25, -0.2) is 13.4 Å². The van der Waals surface area contributed by atoms with Crippen molar-refractivity contribution in [3.05, 3.63) is 29.6 Å². The van der Waals surface area contributed by atoms with Gasteiger partial charge in [-0.1, -0.05) is 6.07 Å². The van der Waals surface area contributed by atoms with Crippen LogP contribution in [0.5, 0.6) is 0 Å². The van der Waals surface area contributed by atoms with Crippen LogP contribution in [0.25, 0.3) is 11.0 Å². The third-order valence-electron chi connectivity index (χ3n) is 3.88. The molecular formula is C14H16N4O3S. The molecule has 1 aromatic heterocycles. The van der Waals surface area contributed by atoms with E-state index < -0.39 is 15.7 Å². The van der Waals surface area contributed by atoms with Crippen LogP contribution in [0.1, 0.15) is 22.6 Å². The lowest BCUT2D eigenvalue weighted by Gasteiger charge is -2.22. The summed E-state index contributed by atoms with van der Waals surface area (Å²) in [5.74, 6) is -0.302. The van der Waals surface area contributed by atoms with Gasteiger partial charge in [-0.15, -0.1) is 10.2 Å². The molecule has 2 aromatic rings. The highest BCUT2D eigenvalue weighted by molar-refractivity contribution is 7.91. The number of carbonyl (C=O) groups is 1. The maximum atomic E-state index is 12.4. The maximum absolute atomic E-state index is 12.4. The van der Waals surface area contributed by atoms with E-state index in [0.717, 1.165) is 5.56 Å². The molecule has 2 heterocycles. The Balaban J connectivity index is 1.88. The Bertz CT molecular complexity index is 850. The lowest BCUT2D eigenvalue weighted by molar-refractivity contribution is 0.0734. The van der Waals surface area contributed by atoms with Crippen LogP contribution in [0.2, 0.25) is 0 Å². The van der Waals surface area contributed by atoms with E-state index in [1.54, 1.807) is 13.1 Å². The highest BCUT2D eigenvalue weighted by Crippen LogP contribution is 2.18. The van der Waals surface area contributed by atoms with Crippen molar-refractivity contribution >= 4 is 26.8 Å². The molecule has 1 aromatic carbocycles. The molecule has 0 bridgehead atoms. The molecule has 0 saturated carbocycles. The molecule has 1 amide bonds. The first-order valence-corrected chi connectivity index (χ1v) is 8.76. The molecule has 0 radical (unpaired) electrons. The molecule has 0 N–H and O–H groups in total. The van der Waals surface area contributed by atoms with Crippen LogP contribution in [0.4, 0.5) is 0 Å². The summed E-state index contributed by atoms with van der Waals surface area (Å²) in [4.78, 5) is 18.1. The molecule has 0 aliphatic carbocycles. The lowest BCUT2D eigenvalue weighted by Crippen LogP contribution is -2.38. The number of amides is 1. The second-order valence-electron chi connectivity index (χ2n) is 5.60. The molecule has 22 heavy (non-hydrogen) atoms. The molecule has 1 aliphatic rings. The van der Waals surface area contributed by atoms with Crippen molar-refractivity contribution in [1.29, 1.82) is 0 Å². The summed E-state index contributed by atoms with van der Waals surface area (Å²) >= 11 is 0. The second kappa shape index (κ2) is 5.28. The number of hydrogen-bond acceptors (Lipinski definition) is 6. The Hall–Kier alpha value is -2.09. The highest BCUT2D eigenvalue weighted by atomic mass is 32.2. The van der Waals surface area contributed by atoms with Gasteiger partial charge in [0, 0.05) is 13.1 Å². The van der Waals surface area contributed by atoms with E-state index in [0.29, 0.717) is 17.5 Å². The molecule has 0 spiro atoms. The van der Waals surface area contributed by atoms with Gasteiger partial charge in [0.2, 0.25) is 5.82 Å². The number of benzene rings is 1. The van der Waals surface area contributed by atoms with Gasteiger partial charge >= 0.3 is 0 Å². The predicted octanol–water partition coefficient (Wildman–Crippen LogP) is 0.592. The quantitative estimate of drug-likeness (QED) is 0.804. The average molecular weight is 320 g/mol. The van der Waals surface area contributed by atoms with Crippen LogP contribution in [0, 0.1) is 6.92 Å². The maximum Gasteiger partial charge on any atom is 0.293 e. The van der Waals surface area contributed by atoms with E-state index in [2.05, 4.69) is 15.2 Å². The lowest BCUT2D eigenvalue weighted by atomic mass is 10.2. The summed E-state index contributed by atoms with van der Waals surface area (Å²) in [7, 11) is -1.47. The van der Waals surface area contributed by atoms with Gasteiger partial charge in [0.1, 0.15) is 5.52 Å². The molecule has 7 nitrogen and oxygen atoms in total. The molecule has 1 fully saturated rings. The molecule has 8 heteroatoms. The van der Waals surface area contributed by atoms with Crippen molar-refractivity contribution in [3.63, 3.8) is 0 Å². The van der Waals surface area contributed by atoms with E-state index in [1.165, 1.54) is 4.90 Å². The van der Waals surface area contributed by atoms with Gasteiger partial charge in [0.05, 0.1) is 17.0 Å². The summed E-state index contributed by atoms with van der Waals surface area (Å²) in [5.41, 5.74) is 2.24. The first-order chi connectivity index (χ1) is 10.4. The van der Waals surface area contributed by atoms with Gasteiger partial charge in [0.15, 0.2) is 9.84 Å². The van der Waals surface area contributed by atoms with E-state index in [-0.39, 0.29) is 23.4 Å². The van der Waals surface area contributed by atoms with Crippen LogP contribution >= 0.6 is 0 Å². The van der Waals surface area contributed by atoms with Crippen LogP contribution in [-0.4, -0.2) is 59.0 Å².